The number of anilines is 1. The van der Waals surface area contributed by atoms with E-state index >= 15 is 0 Å². The van der Waals surface area contributed by atoms with Gasteiger partial charge in [0.25, 0.3) is 5.69 Å². The molecule has 2 heterocycles. The fourth-order valence-corrected chi connectivity index (χ4v) is 8.63. The van der Waals surface area contributed by atoms with Gasteiger partial charge in [0.1, 0.15) is 11.4 Å². The number of fused-ring (bicyclic) bond motifs is 2. The standard InChI is InChI=1S/C27H37N5O5/c1-37-22-4-5-23(24(11-22)32(35)36)29-25(33)15-31-20-2-3-21(31)10-19(9-20)28-26(34)30-27-12-16-6-17(13-27)8-18(7-16)14-27/h4-5,11,16-21H,2-3,6-10,12-15H2,1H3,(H,29,33)(H2,28,30,34)/t16?,17?,18?,19?,20-,21+,27?. The first-order valence-electron chi connectivity index (χ1n) is 13.8. The van der Waals surface area contributed by atoms with Crippen LogP contribution >= 0.6 is 0 Å². The molecule has 200 valence electrons. The Morgan fingerprint density at radius 2 is 1.68 bits per heavy atom. The van der Waals surface area contributed by atoms with Gasteiger partial charge in [-0.2, -0.15) is 0 Å². The molecule has 3 amide bonds. The smallest absolute Gasteiger partial charge is 0.315 e. The molecule has 7 rings (SSSR count). The fraction of sp³-hybridized carbons (Fsp3) is 0.704. The molecular weight excluding hydrogens is 474 g/mol. The largest absolute Gasteiger partial charge is 0.496 e. The lowest BCUT2D eigenvalue weighted by atomic mass is 9.53. The summed E-state index contributed by atoms with van der Waals surface area (Å²) in [6.07, 6.45) is 11.1. The third-order valence-corrected chi connectivity index (χ3v) is 9.64. The lowest BCUT2D eigenvalue weighted by Gasteiger charge is -2.56. The molecule has 0 spiro atoms. The minimum atomic E-state index is -0.520. The summed E-state index contributed by atoms with van der Waals surface area (Å²) in [5.41, 5.74) is -0.0228. The number of rotatable bonds is 7. The molecule has 10 nitrogen and oxygen atoms in total. The maximum absolute atomic E-state index is 13.1. The highest BCUT2D eigenvalue weighted by molar-refractivity contribution is 5.94. The number of piperidine rings is 1. The monoisotopic (exact) mass is 511 g/mol. The maximum atomic E-state index is 13.1. The number of methoxy groups -OCH3 is 1. The number of carbonyl (C=O) groups is 2. The van der Waals surface area contributed by atoms with Gasteiger partial charge in [-0.1, -0.05) is 0 Å². The normalized spacial score (nSPS) is 35.7. The predicted molar refractivity (Wildman–Crippen MR) is 137 cm³/mol. The van der Waals surface area contributed by atoms with Crippen LogP contribution in [0.1, 0.15) is 64.2 Å². The summed E-state index contributed by atoms with van der Waals surface area (Å²) in [6.45, 7) is 0.185. The van der Waals surface area contributed by atoms with Crippen LogP contribution in [0.15, 0.2) is 18.2 Å². The molecule has 1 aromatic carbocycles. The molecule has 4 aliphatic carbocycles. The van der Waals surface area contributed by atoms with Crippen molar-refractivity contribution in [3.63, 3.8) is 0 Å². The minimum Gasteiger partial charge on any atom is -0.496 e. The number of nitro benzene ring substituents is 1. The average Bonchev–Trinajstić information content (AvgIpc) is 3.04. The van der Waals surface area contributed by atoms with Gasteiger partial charge in [-0.25, -0.2) is 4.79 Å². The Balaban J connectivity index is 1.03. The zero-order chi connectivity index (χ0) is 25.7. The van der Waals surface area contributed by atoms with Crippen LogP contribution in [0.25, 0.3) is 0 Å². The second-order valence-electron chi connectivity index (χ2n) is 12.2. The first kappa shape index (κ1) is 24.5. The third-order valence-electron chi connectivity index (χ3n) is 9.64. The molecule has 6 bridgehead atoms. The van der Waals surface area contributed by atoms with Crippen LogP contribution in [0.2, 0.25) is 0 Å². The topological polar surface area (TPSA) is 126 Å². The van der Waals surface area contributed by atoms with E-state index in [-0.39, 0.29) is 53.5 Å². The zero-order valence-electron chi connectivity index (χ0n) is 21.4. The summed E-state index contributed by atoms with van der Waals surface area (Å²) < 4.78 is 5.07. The fourth-order valence-electron chi connectivity index (χ4n) is 8.63. The molecule has 6 aliphatic rings. The van der Waals surface area contributed by atoms with Crippen molar-refractivity contribution >= 4 is 23.3 Å². The molecule has 0 aromatic heterocycles. The van der Waals surface area contributed by atoms with Crippen molar-refractivity contribution in [1.82, 2.24) is 15.5 Å². The molecule has 6 fully saturated rings. The Morgan fingerprint density at radius 1 is 1.05 bits per heavy atom. The van der Waals surface area contributed by atoms with Gasteiger partial charge in [-0.15, -0.1) is 0 Å². The Labute approximate surface area is 217 Å². The van der Waals surface area contributed by atoms with Crippen molar-refractivity contribution in [2.45, 2.75) is 87.9 Å². The highest BCUT2D eigenvalue weighted by Gasteiger charge is 2.52. The maximum Gasteiger partial charge on any atom is 0.315 e. The second-order valence-corrected chi connectivity index (χ2v) is 12.2. The van der Waals surface area contributed by atoms with E-state index in [1.54, 1.807) is 6.07 Å². The molecule has 2 aliphatic heterocycles. The lowest BCUT2D eigenvalue weighted by Crippen LogP contribution is -2.63. The summed E-state index contributed by atoms with van der Waals surface area (Å²) in [7, 11) is 1.44. The van der Waals surface area contributed by atoms with Gasteiger partial charge in [0, 0.05) is 23.7 Å². The quantitative estimate of drug-likeness (QED) is 0.378. The van der Waals surface area contributed by atoms with Crippen LogP contribution in [0.4, 0.5) is 16.2 Å². The number of hydrogen-bond acceptors (Lipinski definition) is 6. The van der Waals surface area contributed by atoms with Gasteiger partial charge in [0.2, 0.25) is 5.91 Å². The number of benzene rings is 1. The first-order valence-corrected chi connectivity index (χ1v) is 13.8. The zero-order valence-corrected chi connectivity index (χ0v) is 21.4. The van der Waals surface area contributed by atoms with E-state index in [9.17, 15) is 19.7 Å². The first-order chi connectivity index (χ1) is 17.8. The molecule has 3 atom stereocenters. The number of amides is 3. The van der Waals surface area contributed by atoms with Crippen LogP contribution in [0.3, 0.4) is 0 Å². The van der Waals surface area contributed by atoms with E-state index < -0.39 is 4.92 Å². The van der Waals surface area contributed by atoms with Gasteiger partial charge < -0.3 is 20.7 Å². The number of nitrogens with one attached hydrogen (secondary N) is 3. The molecule has 1 aromatic rings. The number of ether oxygens (including phenoxy) is 1. The Morgan fingerprint density at radius 3 is 2.24 bits per heavy atom. The Hall–Kier alpha value is -2.88. The van der Waals surface area contributed by atoms with Gasteiger partial charge in [0.05, 0.1) is 24.6 Å². The summed E-state index contributed by atoms with van der Waals surface area (Å²) in [5, 5.41) is 20.9. The molecule has 10 heteroatoms. The SMILES string of the molecule is COc1ccc(NC(=O)CN2[C@@H]3CC[C@H]2CC(NC(=O)NC24CC5CC(CC(C5)C2)C4)C3)c([N+](=O)[O-])c1. The molecule has 0 radical (unpaired) electrons. The van der Waals surface area contributed by atoms with E-state index in [2.05, 4.69) is 20.9 Å². The predicted octanol–water partition coefficient (Wildman–Crippen LogP) is 3.81. The van der Waals surface area contributed by atoms with Crippen molar-refractivity contribution < 1.29 is 19.2 Å². The number of carbonyl (C=O) groups excluding carboxylic acids is 2. The summed E-state index contributed by atoms with van der Waals surface area (Å²) in [6, 6.07) is 4.93. The van der Waals surface area contributed by atoms with Crippen LogP contribution in [-0.2, 0) is 4.79 Å². The molecule has 37 heavy (non-hydrogen) atoms. The van der Waals surface area contributed by atoms with Crippen molar-refractivity contribution in [3.05, 3.63) is 28.3 Å². The van der Waals surface area contributed by atoms with Gasteiger partial charge in [-0.05, 0) is 94.1 Å². The van der Waals surface area contributed by atoms with E-state index in [0.717, 1.165) is 62.7 Å². The highest BCUT2D eigenvalue weighted by Crippen LogP contribution is 2.55. The Bertz CT molecular complexity index is 1040. The summed E-state index contributed by atoms with van der Waals surface area (Å²) in [4.78, 5) is 39.1. The van der Waals surface area contributed by atoms with Crippen molar-refractivity contribution in [2.24, 2.45) is 17.8 Å². The van der Waals surface area contributed by atoms with Crippen LogP contribution < -0.4 is 20.7 Å². The van der Waals surface area contributed by atoms with E-state index in [4.69, 9.17) is 4.74 Å². The molecular formula is C27H37N5O5. The van der Waals surface area contributed by atoms with Gasteiger partial charge in [0.15, 0.2) is 0 Å². The van der Waals surface area contributed by atoms with Gasteiger partial charge >= 0.3 is 6.03 Å². The van der Waals surface area contributed by atoms with E-state index in [1.165, 1.54) is 38.5 Å². The lowest BCUT2D eigenvalue weighted by molar-refractivity contribution is -0.384. The molecule has 3 N–H and O–H groups in total. The van der Waals surface area contributed by atoms with Crippen LogP contribution in [0.5, 0.6) is 5.75 Å². The van der Waals surface area contributed by atoms with Crippen molar-refractivity contribution in [3.8, 4) is 5.75 Å². The van der Waals surface area contributed by atoms with Crippen LogP contribution in [-0.4, -0.2) is 59.1 Å². The second kappa shape index (κ2) is 9.45. The van der Waals surface area contributed by atoms with Crippen LogP contribution in [0, 0.1) is 27.9 Å². The van der Waals surface area contributed by atoms with E-state index in [0.29, 0.717) is 5.75 Å². The van der Waals surface area contributed by atoms with Gasteiger partial charge in [-0.3, -0.25) is 19.8 Å². The summed E-state index contributed by atoms with van der Waals surface area (Å²) >= 11 is 0. The summed E-state index contributed by atoms with van der Waals surface area (Å²) in [5.74, 6) is 2.46. The molecule has 4 saturated carbocycles. The van der Waals surface area contributed by atoms with E-state index in [1.807, 2.05) is 0 Å². The number of nitrogens with zero attached hydrogens (tertiary/aromatic N) is 2. The minimum absolute atomic E-state index is 0.000668. The average molecular weight is 512 g/mol. The third kappa shape index (κ3) is 4.87. The number of urea groups is 1. The van der Waals surface area contributed by atoms with Crippen molar-refractivity contribution in [2.75, 3.05) is 19.0 Å². The number of hydrogen-bond donors (Lipinski definition) is 3. The molecule has 1 unspecified atom stereocenters. The highest BCUT2D eigenvalue weighted by atomic mass is 16.6. The Kier molecular flexibility index (Phi) is 6.25. The number of nitro groups is 1. The van der Waals surface area contributed by atoms with Crippen molar-refractivity contribution in [1.29, 1.82) is 0 Å². The molecule has 2 saturated heterocycles.